The molecule has 6 heteroatoms. The van der Waals surface area contributed by atoms with Crippen LogP contribution in [0.1, 0.15) is 25.8 Å². The number of amides is 2. The average Bonchev–Trinajstić information content (AvgIpc) is 3.14. The van der Waals surface area contributed by atoms with Crippen LogP contribution in [0.2, 0.25) is 0 Å². The minimum atomic E-state index is -0.726. The molecule has 2 atom stereocenters. The third-order valence-electron chi connectivity index (χ3n) is 6.23. The van der Waals surface area contributed by atoms with Crippen LogP contribution in [0.5, 0.6) is 11.5 Å². The molecule has 6 nitrogen and oxygen atoms in total. The summed E-state index contributed by atoms with van der Waals surface area (Å²) in [7, 11) is 0. The molecule has 1 heterocycles. The zero-order chi connectivity index (χ0) is 22.7. The van der Waals surface area contributed by atoms with E-state index < -0.39 is 17.4 Å². The van der Waals surface area contributed by atoms with Gasteiger partial charge in [0.25, 0.3) is 5.91 Å². The van der Waals surface area contributed by atoms with Crippen molar-refractivity contribution in [2.24, 2.45) is 0 Å². The Hall–Kier alpha value is -3.64. The van der Waals surface area contributed by atoms with Crippen molar-refractivity contribution < 1.29 is 19.5 Å². The number of nitrogens with one attached hydrogen (secondary N) is 1. The van der Waals surface area contributed by atoms with Gasteiger partial charge in [-0.15, -0.1) is 0 Å². The maximum absolute atomic E-state index is 13.0. The number of hydrogen-bond acceptors (Lipinski definition) is 4. The highest BCUT2D eigenvalue weighted by Gasteiger charge is 2.46. The number of benzene rings is 3. The molecule has 3 aromatic rings. The number of hydroxylamine groups is 1. The molecule has 2 unspecified atom stereocenters. The molecule has 0 spiro atoms. The van der Waals surface area contributed by atoms with E-state index in [2.05, 4.69) is 12.1 Å². The van der Waals surface area contributed by atoms with Crippen molar-refractivity contribution in [3.8, 4) is 22.6 Å². The Morgan fingerprint density at radius 3 is 2.12 bits per heavy atom. The minimum Gasteiger partial charge on any atom is -0.457 e. The van der Waals surface area contributed by atoms with Gasteiger partial charge in [-0.2, -0.15) is 0 Å². The normalized spacial score (nSPS) is 19.0. The number of ether oxygens (including phenoxy) is 1. The van der Waals surface area contributed by atoms with Gasteiger partial charge in [0, 0.05) is 6.54 Å². The Morgan fingerprint density at radius 2 is 1.53 bits per heavy atom. The summed E-state index contributed by atoms with van der Waals surface area (Å²) in [5.41, 5.74) is 4.04. The molecular weight excluding hydrogens is 404 g/mol. The number of carbonyl (C=O) groups is 2. The summed E-state index contributed by atoms with van der Waals surface area (Å²) in [6, 6.07) is 24.8. The monoisotopic (exact) mass is 430 g/mol. The summed E-state index contributed by atoms with van der Waals surface area (Å²) in [6.07, 6.45) is 0.593. The lowest BCUT2D eigenvalue weighted by Crippen LogP contribution is -2.47. The smallest absolute Gasteiger partial charge is 0.265 e. The van der Waals surface area contributed by atoms with E-state index in [0.29, 0.717) is 18.7 Å². The van der Waals surface area contributed by atoms with Crippen LogP contribution in [0.25, 0.3) is 11.1 Å². The molecule has 1 fully saturated rings. The lowest BCUT2D eigenvalue weighted by atomic mass is 9.81. The second-order valence-electron chi connectivity index (χ2n) is 8.25. The first-order valence-electron chi connectivity index (χ1n) is 10.6. The zero-order valence-electron chi connectivity index (χ0n) is 18.1. The summed E-state index contributed by atoms with van der Waals surface area (Å²) in [6.45, 7) is 3.95. The van der Waals surface area contributed by atoms with Crippen molar-refractivity contribution in [3.63, 3.8) is 0 Å². The van der Waals surface area contributed by atoms with Crippen LogP contribution in [0, 0.1) is 0 Å². The van der Waals surface area contributed by atoms with Crippen LogP contribution in [-0.4, -0.2) is 34.5 Å². The third kappa shape index (κ3) is 4.09. The summed E-state index contributed by atoms with van der Waals surface area (Å²) in [5.74, 6) is 0.694. The quantitative estimate of drug-likeness (QED) is 0.445. The SMILES string of the molecule is CC(C(=O)NO)N1CCC(C)(c2ccc(Oc3ccc(-c4ccccc4)cc3)cc2)C1=O. The van der Waals surface area contributed by atoms with Crippen LogP contribution in [-0.2, 0) is 15.0 Å². The molecule has 3 aromatic carbocycles. The second kappa shape index (κ2) is 8.85. The Bertz CT molecular complexity index is 1100. The van der Waals surface area contributed by atoms with Gasteiger partial charge in [-0.1, -0.05) is 54.6 Å². The molecule has 2 N–H and O–H groups in total. The standard InChI is InChI=1S/C26H26N2O4/c1-18(24(29)27-31)28-17-16-26(2,25(28)30)21-10-14-23(15-11-21)32-22-12-8-20(9-13-22)19-6-4-3-5-7-19/h3-15,18,31H,16-17H2,1-2H3,(H,27,29). The van der Waals surface area contributed by atoms with Crippen LogP contribution in [0.15, 0.2) is 78.9 Å². The number of likely N-dealkylation sites (tertiary alicyclic amines) is 1. The molecular formula is C26H26N2O4. The Labute approximate surface area is 187 Å². The first-order chi connectivity index (χ1) is 15.4. The van der Waals surface area contributed by atoms with Gasteiger partial charge in [-0.3, -0.25) is 14.8 Å². The fraction of sp³-hybridized carbons (Fsp3) is 0.231. The summed E-state index contributed by atoms with van der Waals surface area (Å²) in [5, 5.41) is 8.87. The summed E-state index contributed by atoms with van der Waals surface area (Å²) < 4.78 is 5.98. The molecule has 1 aliphatic rings. The molecule has 0 bridgehead atoms. The molecule has 1 aliphatic heterocycles. The van der Waals surface area contributed by atoms with Crippen molar-refractivity contribution in [1.82, 2.24) is 10.4 Å². The van der Waals surface area contributed by atoms with Crippen LogP contribution >= 0.6 is 0 Å². The molecule has 164 valence electrons. The highest BCUT2D eigenvalue weighted by molar-refractivity contribution is 5.94. The van der Waals surface area contributed by atoms with Gasteiger partial charge in [0.1, 0.15) is 17.5 Å². The zero-order valence-corrected chi connectivity index (χ0v) is 18.1. The van der Waals surface area contributed by atoms with E-state index in [9.17, 15) is 9.59 Å². The molecule has 0 saturated carbocycles. The first kappa shape index (κ1) is 21.6. The number of hydrogen-bond donors (Lipinski definition) is 2. The molecule has 1 saturated heterocycles. The van der Waals surface area contributed by atoms with E-state index >= 15 is 0 Å². The topological polar surface area (TPSA) is 78.9 Å². The Kier molecular flexibility index (Phi) is 5.97. The summed E-state index contributed by atoms with van der Waals surface area (Å²) >= 11 is 0. The number of nitrogens with zero attached hydrogens (tertiary/aromatic N) is 1. The molecule has 4 rings (SSSR count). The van der Waals surface area contributed by atoms with E-state index in [-0.39, 0.29) is 5.91 Å². The van der Waals surface area contributed by atoms with Gasteiger partial charge in [-0.25, -0.2) is 5.48 Å². The van der Waals surface area contributed by atoms with Crippen molar-refractivity contribution in [1.29, 1.82) is 0 Å². The number of carbonyl (C=O) groups excluding carboxylic acids is 2. The van der Waals surface area contributed by atoms with Crippen LogP contribution in [0.3, 0.4) is 0 Å². The highest BCUT2D eigenvalue weighted by atomic mass is 16.5. The molecule has 0 aromatic heterocycles. The van der Waals surface area contributed by atoms with Gasteiger partial charge in [0.2, 0.25) is 5.91 Å². The van der Waals surface area contributed by atoms with Gasteiger partial charge >= 0.3 is 0 Å². The average molecular weight is 431 g/mol. The minimum absolute atomic E-state index is 0.126. The second-order valence-corrected chi connectivity index (χ2v) is 8.25. The third-order valence-corrected chi connectivity index (χ3v) is 6.23. The van der Waals surface area contributed by atoms with Crippen molar-refractivity contribution in [3.05, 3.63) is 84.4 Å². The largest absolute Gasteiger partial charge is 0.457 e. The van der Waals surface area contributed by atoms with Gasteiger partial charge in [0.05, 0.1) is 5.41 Å². The lowest BCUT2D eigenvalue weighted by Gasteiger charge is -2.27. The molecule has 32 heavy (non-hydrogen) atoms. The van der Waals surface area contributed by atoms with Crippen LogP contribution in [0.4, 0.5) is 0 Å². The fourth-order valence-corrected chi connectivity index (χ4v) is 4.11. The van der Waals surface area contributed by atoms with Gasteiger partial charge < -0.3 is 9.64 Å². The maximum atomic E-state index is 13.0. The highest BCUT2D eigenvalue weighted by Crippen LogP contribution is 2.37. The van der Waals surface area contributed by atoms with Crippen molar-refractivity contribution >= 4 is 11.8 Å². The lowest BCUT2D eigenvalue weighted by molar-refractivity contribution is -0.143. The van der Waals surface area contributed by atoms with E-state index in [1.54, 1.807) is 12.4 Å². The molecule has 2 amide bonds. The van der Waals surface area contributed by atoms with E-state index in [1.807, 2.05) is 73.7 Å². The summed E-state index contributed by atoms with van der Waals surface area (Å²) in [4.78, 5) is 26.3. The Morgan fingerprint density at radius 1 is 0.969 bits per heavy atom. The van der Waals surface area contributed by atoms with Crippen molar-refractivity contribution in [2.75, 3.05) is 6.54 Å². The van der Waals surface area contributed by atoms with Crippen molar-refractivity contribution in [2.45, 2.75) is 31.7 Å². The first-order valence-corrected chi connectivity index (χ1v) is 10.6. The van der Waals surface area contributed by atoms with Gasteiger partial charge in [-0.05, 0) is 61.2 Å². The van der Waals surface area contributed by atoms with E-state index in [1.165, 1.54) is 4.90 Å². The predicted molar refractivity (Wildman–Crippen MR) is 121 cm³/mol. The van der Waals surface area contributed by atoms with Crippen LogP contribution < -0.4 is 10.2 Å². The molecule has 0 radical (unpaired) electrons. The maximum Gasteiger partial charge on any atom is 0.265 e. The van der Waals surface area contributed by atoms with E-state index in [0.717, 1.165) is 22.4 Å². The van der Waals surface area contributed by atoms with Gasteiger partial charge in [0.15, 0.2) is 0 Å². The Balaban J connectivity index is 1.45. The predicted octanol–water partition coefficient (Wildman–Crippen LogP) is 4.53. The van der Waals surface area contributed by atoms with E-state index in [4.69, 9.17) is 9.94 Å². The molecule has 0 aliphatic carbocycles. The number of rotatable bonds is 6. The fourth-order valence-electron chi connectivity index (χ4n) is 4.11.